The summed E-state index contributed by atoms with van der Waals surface area (Å²) in [5.41, 5.74) is 0. The van der Waals surface area contributed by atoms with Crippen LogP contribution in [0, 0.1) is 0 Å². The normalized spacial score (nSPS) is 29.1. The van der Waals surface area contributed by atoms with Crippen molar-refractivity contribution in [1.82, 2.24) is 4.90 Å². The molecule has 2 rings (SSSR count). The van der Waals surface area contributed by atoms with Crippen molar-refractivity contribution in [2.75, 3.05) is 7.11 Å². The van der Waals surface area contributed by atoms with Gasteiger partial charge in [0.1, 0.15) is 11.4 Å². The molecular weight excluding hydrogens is 318 g/mol. The van der Waals surface area contributed by atoms with Gasteiger partial charge in [-0.3, -0.25) is 4.79 Å². The van der Waals surface area contributed by atoms with E-state index in [-0.39, 0.29) is 6.42 Å². The minimum absolute atomic E-state index is 0.135. The van der Waals surface area contributed by atoms with E-state index in [0.717, 1.165) is 12.0 Å². The van der Waals surface area contributed by atoms with Gasteiger partial charge in [0.15, 0.2) is 9.84 Å². The van der Waals surface area contributed by atoms with Gasteiger partial charge >= 0.3 is 12.1 Å². The number of rotatable bonds is 3. The molecule has 0 bridgehead atoms. The fraction of sp³-hybridized carbons (Fsp3) is 0.750. The molecule has 2 aliphatic rings. The van der Waals surface area contributed by atoms with Gasteiger partial charge in [-0.25, -0.2) is 18.0 Å². The molecule has 0 aromatic carbocycles. The molecule has 22 heavy (non-hydrogen) atoms. The van der Waals surface area contributed by atoms with Crippen LogP contribution >= 0.6 is 0 Å². The largest absolute Gasteiger partial charge is 0.511 e. The number of esters is 1. The van der Waals surface area contributed by atoms with Crippen LogP contribution in [-0.4, -0.2) is 60.9 Å². The summed E-state index contributed by atoms with van der Waals surface area (Å²) in [6.07, 6.45) is -2.45. The number of carbonyl (C=O) groups is 3. The van der Waals surface area contributed by atoms with Gasteiger partial charge in [0, 0.05) is 6.92 Å². The second kappa shape index (κ2) is 5.11. The quantitative estimate of drug-likeness (QED) is 0.395. The highest BCUT2D eigenvalue weighted by Gasteiger charge is 2.68. The monoisotopic (exact) mass is 335 g/mol. The molecule has 9 nitrogen and oxygen atoms in total. The fourth-order valence-electron chi connectivity index (χ4n) is 2.65. The van der Waals surface area contributed by atoms with Gasteiger partial charge in [-0.2, -0.15) is 0 Å². The van der Waals surface area contributed by atoms with E-state index in [1.807, 2.05) is 0 Å². The molecule has 0 aromatic heterocycles. The molecule has 3 atom stereocenters. The van der Waals surface area contributed by atoms with E-state index in [4.69, 9.17) is 4.74 Å². The Balaban J connectivity index is 2.18. The Labute approximate surface area is 127 Å². The van der Waals surface area contributed by atoms with Crippen LogP contribution in [0.3, 0.4) is 0 Å². The summed E-state index contributed by atoms with van der Waals surface area (Å²) >= 11 is 0. The molecular formula is C12H17NO8S. The molecule has 2 fully saturated rings. The third kappa shape index (κ3) is 2.21. The summed E-state index contributed by atoms with van der Waals surface area (Å²) in [6.45, 7) is 4.01. The first kappa shape index (κ1) is 16.5. The van der Waals surface area contributed by atoms with Crippen LogP contribution in [0.25, 0.3) is 0 Å². The number of ether oxygens (including phenoxy) is 3. The molecule has 2 aliphatic heterocycles. The Morgan fingerprint density at radius 2 is 1.91 bits per heavy atom. The van der Waals surface area contributed by atoms with Crippen LogP contribution in [0.5, 0.6) is 0 Å². The Kier molecular flexibility index (Phi) is 3.84. The number of β-lactam (4-membered cyclic amide) rings is 1. The van der Waals surface area contributed by atoms with E-state index in [0.29, 0.717) is 0 Å². The molecule has 1 unspecified atom stereocenters. The molecule has 2 heterocycles. The van der Waals surface area contributed by atoms with E-state index in [1.54, 1.807) is 0 Å². The van der Waals surface area contributed by atoms with Crippen molar-refractivity contribution in [3.8, 4) is 0 Å². The standard InChI is InChI=1S/C12H17NO8S/c1-6(21-11(16)19-4)20-10(15)9-12(2,3)22(17,18)8-5-7(14)13(8)9/h6,8-9H,5H2,1-4H3/t6?,8-,9+/m1/s1. The number of carbonyl (C=O) groups excluding carboxylic acids is 3. The number of amides is 1. The van der Waals surface area contributed by atoms with E-state index in [1.165, 1.54) is 20.8 Å². The van der Waals surface area contributed by atoms with Crippen molar-refractivity contribution < 1.29 is 37.0 Å². The lowest BCUT2D eigenvalue weighted by Crippen LogP contribution is -2.57. The van der Waals surface area contributed by atoms with Crippen molar-refractivity contribution in [3.63, 3.8) is 0 Å². The van der Waals surface area contributed by atoms with Crippen LogP contribution < -0.4 is 0 Å². The van der Waals surface area contributed by atoms with E-state index in [9.17, 15) is 22.8 Å². The Bertz CT molecular complexity index is 625. The SMILES string of the molecule is COC(=O)OC(C)OC(=O)[C@@H]1N2C(=O)C[C@H]2S(=O)(=O)C1(C)C. The summed E-state index contributed by atoms with van der Waals surface area (Å²) in [5, 5.41) is -0.996. The van der Waals surface area contributed by atoms with E-state index < -0.39 is 50.3 Å². The average Bonchev–Trinajstić information content (AvgIpc) is 2.52. The molecule has 0 N–H and O–H groups in total. The van der Waals surface area contributed by atoms with Crippen LogP contribution in [0.15, 0.2) is 0 Å². The second-order valence-electron chi connectivity index (χ2n) is 5.59. The number of sulfone groups is 1. The lowest BCUT2D eigenvalue weighted by atomic mass is 9.98. The molecule has 1 amide bonds. The summed E-state index contributed by atoms with van der Waals surface area (Å²) < 4.78 is 37.0. The molecule has 0 saturated carbocycles. The average molecular weight is 335 g/mol. The molecule has 0 aliphatic carbocycles. The van der Waals surface area contributed by atoms with E-state index >= 15 is 0 Å². The van der Waals surface area contributed by atoms with Crippen LogP contribution in [0.2, 0.25) is 0 Å². The fourth-order valence-corrected chi connectivity index (χ4v) is 4.77. The second-order valence-corrected chi connectivity index (χ2v) is 8.27. The third-order valence-electron chi connectivity index (χ3n) is 3.91. The van der Waals surface area contributed by atoms with Crippen molar-refractivity contribution in [2.24, 2.45) is 0 Å². The van der Waals surface area contributed by atoms with Gasteiger partial charge in [-0.1, -0.05) is 0 Å². The highest BCUT2D eigenvalue weighted by atomic mass is 32.2. The minimum atomic E-state index is -3.68. The molecule has 0 radical (unpaired) electrons. The molecule has 0 spiro atoms. The zero-order valence-electron chi connectivity index (χ0n) is 12.6. The Morgan fingerprint density at radius 3 is 2.41 bits per heavy atom. The first-order chi connectivity index (χ1) is 10.0. The number of nitrogens with zero attached hydrogens (tertiary/aromatic N) is 1. The summed E-state index contributed by atoms with van der Waals surface area (Å²) in [5.74, 6) is -1.37. The van der Waals surface area contributed by atoms with Gasteiger partial charge < -0.3 is 19.1 Å². The number of hydrogen-bond acceptors (Lipinski definition) is 8. The summed E-state index contributed by atoms with van der Waals surface area (Å²) in [7, 11) is -2.59. The van der Waals surface area contributed by atoms with Crippen LogP contribution in [-0.2, 0) is 33.6 Å². The predicted molar refractivity (Wildman–Crippen MR) is 71.1 cm³/mol. The number of fused-ring (bicyclic) bond motifs is 1. The first-order valence-electron chi connectivity index (χ1n) is 6.53. The summed E-state index contributed by atoms with van der Waals surface area (Å²) in [6, 6.07) is -1.27. The van der Waals surface area contributed by atoms with Gasteiger partial charge in [0.25, 0.3) is 0 Å². The van der Waals surface area contributed by atoms with Gasteiger partial charge in [-0.05, 0) is 13.8 Å². The van der Waals surface area contributed by atoms with Crippen molar-refractivity contribution in [1.29, 1.82) is 0 Å². The Hall–Kier alpha value is -1.84. The number of hydrogen-bond donors (Lipinski definition) is 0. The smallest absolute Gasteiger partial charge is 0.438 e. The van der Waals surface area contributed by atoms with Gasteiger partial charge in [0.05, 0.1) is 18.3 Å². The molecule has 124 valence electrons. The van der Waals surface area contributed by atoms with Crippen LogP contribution in [0.1, 0.15) is 27.2 Å². The maximum atomic E-state index is 12.3. The zero-order valence-corrected chi connectivity index (χ0v) is 13.4. The Morgan fingerprint density at radius 1 is 1.32 bits per heavy atom. The predicted octanol–water partition coefficient (Wildman–Crippen LogP) is -0.207. The topological polar surface area (TPSA) is 116 Å². The minimum Gasteiger partial charge on any atom is -0.438 e. The van der Waals surface area contributed by atoms with Crippen LogP contribution in [0.4, 0.5) is 4.79 Å². The zero-order chi connectivity index (χ0) is 16.9. The van der Waals surface area contributed by atoms with Gasteiger partial charge in [0.2, 0.25) is 12.2 Å². The highest BCUT2D eigenvalue weighted by Crippen LogP contribution is 2.46. The third-order valence-corrected chi connectivity index (χ3v) is 6.71. The first-order valence-corrected chi connectivity index (χ1v) is 8.08. The molecule has 10 heteroatoms. The maximum absolute atomic E-state index is 12.3. The van der Waals surface area contributed by atoms with Crippen molar-refractivity contribution >= 4 is 27.9 Å². The van der Waals surface area contributed by atoms with Crippen molar-refractivity contribution in [2.45, 2.75) is 49.6 Å². The summed E-state index contributed by atoms with van der Waals surface area (Å²) in [4.78, 5) is 35.9. The molecule has 2 saturated heterocycles. The van der Waals surface area contributed by atoms with Gasteiger partial charge in [-0.15, -0.1) is 0 Å². The lowest BCUT2D eigenvalue weighted by Gasteiger charge is -2.36. The number of methoxy groups -OCH3 is 1. The molecule has 0 aromatic rings. The lowest BCUT2D eigenvalue weighted by molar-refractivity contribution is -0.179. The maximum Gasteiger partial charge on any atom is 0.511 e. The van der Waals surface area contributed by atoms with E-state index in [2.05, 4.69) is 9.47 Å². The highest BCUT2D eigenvalue weighted by molar-refractivity contribution is 7.93. The van der Waals surface area contributed by atoms with Crippen molar-refractivity contribution in [3.05, 3.63) is 0 Å².